The summed E-state index contributed by atoms with van der Waals surface area (Å²) in [5.41, 5.74) is 2.08. The van der Waals surface area contributed by atoms with Crippen molar-refractivity contribution in [3.05, 3.63) is 40.2 Å². The van der Waals surface area contributed by atoms with Gasteiger partial charge in [-0.15, -0.1) is 0 Å². The van der Waals surface area contributed by atoms with Gasteiger partial charge in [0.1, 0.15) is 11.6 Å². The summed E-state index contributed by atoms with van der Waals surface area (Å²) in [6.45, 7) is 3.98. The van der Waals surface area contributed by atoms with Crippen molar-refractivity contribution in [3.8, 4) is 6.07 Å². The Balaban J connectivity index is 1.83. The van der Waals surface area contributed by atoms with E-state index in [9.17, 15) is 10.1 Å². The molecular formula is C18H20N4O. The predicted octanol–water partition coefficient (Wildman–Crippen LogP) is 1.60. The average molecular weight is 308 g/mol. The molecule has 0 unspecified atom stereocenters. The van der Waals surface area contributed by atoms with E-state index >= 15 is 0 Å². The van der Waals surface area contributed by atoms with Crippen LogP contribution >= 0.6 is 0 Å². The van der Waals surface area contributed by atoms with Crippen LogP contribution in [0, 0.1) is 16.7 Å². The van der Waals surface area contributed by atoms with Gasteiger partial charge in [-0.25, -0.2) is 0 Å². The Bertz CT molecular complexity index is 863. The molecule has 1 N–H and O–H groups in total. The van der Waals surface area contributed by atoms with E-state index in [1.165, 1.54) is 12.8 Å². The first kappa shape index (κ1) is 14.3. The summed E-state index contributed by atoms with van der Waals surface area (Å²) in [5, 5.41) is 14.0. The molecule has 1 aromatic heterocycles. The number of hydrogen-bond donors (Lipinski definition) is 1. The summed E-state index contributed by atoms with van der Waals surface area (Å²) in [7, 11) is 1.73. The number of nitrogens with one attached hydrogen (secondary N) is 1. The van der Waals surface area contributed by atoms with Gasteiger partial charge in [-0.3, -0.25) is 4.79 Å². The molecule has 2 fully saturated rings. The Labute approximate surface area is 135 Å². The van der Waals surface area contributed by atoms with Gasteiger partial charge in [0.15, 0.2) is 0 Å². The van der Waals surface area contributed by atoms with Crippen molar-refractivity contribution >= 4 is 16.6 Å². The van der Waals surface area contributed by atoms with Crippen LogP contribution in [0.4, 0.5) is 5.69 Å². The molecular weight excluding hydrogens is 288 g/mol. The molecule has 0 radical (unpaired) electrons. The summed E-state index contributed by atoms with van der Waals surface area (Å²) in [6.07, 6.45) is 2.43. The van der Waals surface area contributed by atoms with Crippen LogP contribution in [0.25, 0.3) is 10.9 Å². The number of nitriles is 1. The van der Waals surface area contributed by atoms with Crippen molar-refractivity contribution < 1.29 is 0 Å². The first-order chi connectivity index (χ1) is 11.2. The quantitative estimate of drug-likeness (QED) is 0.869. The van der Waals surface area contributed by atoms with Crippen LogP contribution in [-0.4, -0.2) is 30.7 Å². The molecule has 0 saturated carbocycles. The number of rotatable bonds is 1. The van der Waals surface area contributed by atoms with Gasteiger partial charge >= 0.3 is 0 Å². The highest BCUT2D eigenvalue weighted by Gasteiger charge is 2.44. The van der Waals surface area contributed by atoms with Gasteiger partial charge in [0.05, 0.1) is 11.2 Å². The smallest absolute Gasteiger partial charge is 0.270 e. The van der Waals surface area contributed by atoms with Gasteiger partial charge < -0.3 is 14.8 Å². The minimum Gasteiger partial charge on any atom is -0.368 e. The molecule has 3 heterocycles. The standard InChI is InChI=1S/C18H20N4O/c1-21-15-6-3-2-5-13(15)16(14(9-19)17(21)23)22-11-18(12-22)7-4-8-20-10-18/h2-3,5-6,20H,4,7-8,10-12H2,1H3. The number of aromatic nitrogens is 1. The fraction of sp³-hybridized carbons (Fsp3) is 0.444. The topological polar surface area (TPSA) is 61.1 Å². The van der Waals surface area contributed by atoms with Crippen LogP contribution < -0.4 is 15.8 Å². The number of hydrogen-bond acceptors (Lipinski definition) is 4. The van der Waals surface area contributed by atoms with E-state index in [1.807, 2.05) is 24.3 Å². The van der Waals surface area contributed by atoms with E-state index in [4.69, 9.17) is 0 Å². The van der Waals surface area contributed by atoms with Crippen molar-refractivity contribution in [3.63, 3.8) is 0 Å². The summed E-state index contributed by atoms with van der Waals surface area (Å²) in [6, 6.07) is 10.00. The second kappa shape index (κ2) is 5.10. The monoisotopic (exact) mass is 308 g/mol. The first-order valence-electron chi connectivity index (χ1n) is 8.13. The maximum Gasteiger partial charge on any atom is 0.270 e. The molecule has 2 aromatic rings. The molecule has 0 aliphatic carbocycles. The molecule has 118 valence electrons. The van der Waals surface area contributed by atoms with Crippen LogP contribution in [-0.2, 0) is 7.05 Å². The fourth-order valence-electron chi connectivity index (χ4n) is 4.13. The minimum atomic E-state index is -0.205. The molecule has 0 atom stereocenters. The normalized spacial score (nSPS) is 19.6. The number of fused-ring (bicyclic) bond motifs is 1. The van der Waals surface area contributed by atoms with Crippen molar-refractivity contribution in [1.82, 2.24) is 9.88 Å². The Morgan fingerprint density at radius 1 is 1.30 bits per heavy atom. The molecule has 4 rings (SSSR count). The Kier molecular flexibility index (Phi) is 3.17. The lowest BCUT2D eigenvalue weighted by Gasteiger charge is -2.54. The van der Waals surface area contributed by atoms with Gasteiger partial charge in [0.2, 0.25) is 0 Å². The largest absolute Gasteiger partial charge is 0.368 e. The molecule has 5 heteroatoms. The van der Waals surface area contributed by atoms with Crippen LogP contribution in [0.5, 0.6) is 0 Å². The van der Waals surface area contributed by atoms with Crippen molar-refractivity contribution in [2.24, 2.45) is 12.5 Å². The second-order valence-electron chi connectivity index (χ2n) is 6.85. The van der Waals surface area contributed by atoms with Crippen molar-refractivity contribution in [1.29, 1.82) is 5.26 Å². The van der Waals surface area contributed by atoms with Gasteiger partial charge in [0, 0.05) is 37.5 Å². The summed E-state index contributed by atoms with van der Waals surface area (Å²) < 4.78 is 1.58. The highest BCUT2D eigenvalue weighted by Crippen LogP contribution is 2.42. The van der Waals surface area contributed by atoms with E-state index in [1.54, 1.807) is 11.6 Å². The molecule has 2 aliphatic rings. The molecule has 23 heavy (non-hydrogen) atoms. The fourth-order valence-corrected chi connectivity index (χ4v) is 4.13. The van der Waals surface area contributed by atoms with Crippen LogP contribution in [0.3, 0.4) is 0 Å². The number of benzene rings is 1. The third-order valence-corrected chi connectivity index (χ3v) is 5.32. The van der Waals surface area contributed by atoms with Gasteiger partial charge in [0.25, 0.3) is 5.56 Å². The summed E-state index contributed by atoms with van der Waals surface area (Å²) >= 11 is 0. The molecule has 2 saturated heterocycles. The second-order valence-corrected chi connectivity index (χ2v) is 6.85. The third-order valence-electron chi connectivity index (χ3n) is 5.32. The number of pyridine rings is 1. The zero-order valence-corrected chi connectivity index (χ0v) is 13.3. The van der Waals surface area contributed by atoms with E-state index in [-0.39, 0.29) is 11.1 Å². The van der Waals surface area contributed by atoms with E-state index in [2.05, 4.69) is 16.3 Å². The minimum absolute atomic E-state index is 0.205. The lowest BCUT2D eigenvalue weighted by Crippen LogP contribution is -2.62. The van der Waals surface area contributed by atoms with Gasteiger partial charge in [-0.1, -0.05) is 18.2 Å². The van der Waals surface area contributed by atoms with Crippen LogP contribution in [0.1, 0.15) is 18.4 Å². The molecule has 1 spiro atoms. The lowest BCUT2D eigenvalue weighted by atomic mass is 9.73. The SMILES string of the molecule is Cn1c(=O)c(C#N)c(N2CC3(CCCNC3)C2)c2ccccc21. The summed E-state index contributed by atoms with van der Waals surface area (Å²) in [4.78, 5) is 14.8. The van der Waals surface area contributed by atoms with Crippen molar-refractivity contribution in [2.45, 2.75) is 12.8 Å². The predicted molar refractivity (Wildman–Crippen MR) is 90.7 cm³/mol. The maximum atomic E-state index is 12.5. The highest BCUT2D eigenvalue weighted by molar-refractivity contribution is 5.95. The number of aryl methyl sites for hydroxylation is 1. The Hall–Kier alpha value is -2.32. The van der Waals surface area contributed by atoms with Crippen LogP contribution in [0.15, 0.2) is 29.1 Å². The number of anilines is 1. The Morgan fingerprint density at radius 2 is 2.09 bits per heavy atom. The molecule has 1 aromatic carbocycles. The molecule has 0 amide bonds. The van der Waals surface area contributed by atoms with E-state index < -0.39 is 0 Å². The van der Waals surface area contributed by atoms with Crippen molar-refractivity contribution in [2.75, 3.05) is 31.1 Å². The third kappa shape index (κ3) is 2.06. The van der Waals surface area contributed by atoms with E-state index in [0.29, 0.717) is 5.41 Å². The maximum absolute atomic E-state index is 12.5. The lowest BCUT2D eigenvalue weighted by molar-refractivity contribution is 0.157. The number of nitrogens with zero attached hydrogens (tertiary/aromatic N) is 3. The highest BCUT2D eigenvalue weighted by atomic mass is 16.1. The number of piperidine rings is 1. The summed E-state index contributed by atoms with van der Waals surface area (Å²) in [5.74, 6) is 0. The van der Waals surface area contributed by atoms with Gasteiger partial charge in [-0.2, -0.15) is 5.26 Å². The molecule has 0 bridgehead atoms. The zero-order valence-electron chi connectivity index (χ0n) is 13.3. The molecule has 5 nitrogen and oxygen atoms in total. The zero-order chi connectivity index (χ0) is 16.0. The first-order valence-corrected chi connectivity index (χ1v) is 8.13. The Morgan fingerprint density at radius 3 is 2.78 bits per heavy atom. The van der Waals surface area contributed by atoms with Crippen LogP contribution in [0.2, 0.25) is 0 Å². The van der Waals surface area contributed by atoms with E-state index in [0.717, 1.165) is 42.8 Å². The van der Waals surface area contributed by atoms with Gasteiger partial charge in [-0.05, 0) is 25.5 Å². The average Bonchev–Trinajstić information content (AvgIpc) is 2.56. The molecule has 2 aliphatic heterocycles. The number of para-hydroxylation sites is 1.